The summed E-state index contributed by atoms with van der Waals surface area (Å²) in [4.78, 5) is 9.13. The molecule has 0 N–H and O–H groups in total. The zero-order chi connectivity index (χ0) is 14.6. The van der Waals surface area contributed by atoms with E-state index in [-0.39, 0.29) is 23.3 Å². The molecule has 19 heavy (non-hydrogen) atoms. The number of methoxy groups -OCH3 is 2. The van der Waals surface area contributed by atoms with Crippen molar-refractivity contribution in [2.24, 2.45) is 0 Å². The summed E-state index contributed by atoms with van der Waals surface area (Å²) in [6, 6.07) is 3.35. The van der Waals surface area contributed by atoms with Crippen LogP contribution in [0.5, 0.6) is 11.5 Å². The average molecular weight is 277 g/mol. The Morgan fingerprint density at radius 3 is 2.26 bits per heavy atom. The quantitative estimate of drug-likeness (QED) is 0.627. The number of nitrogens with zero attached hydrogens (tertiary/aromatic N) is 1. The molecule has 0 amide bonds. The van der Waals surface area contributed by atoms with Crippen molar-refractivity contribution in [3.63, 3.8) is 0 Å². The summed E-state index contributed by atoms with van der Waals surface area (Å²) in [5, 5.41) is 10.3. The van der Waals surface area contributed by atoms with Crippen LogP contribution in [0.2, 0.25) is 0 Å². The van der Waals surface area contributed by atoms with Crippen LogP contribution in [-0.2, 0) is 0 Å². The predicted octanol–water partition coefficient (Wildman–Crippen LogP) is 2.88. The second-order valence-corrected chi connectivity index (χ2v) is 3.40. The summed E-state index contributed by atoms with van der Waals surface area (Å²) in [5.74, 6) is 0.285. The van der Waals surface area contributed by atoms with E-state index in [1.165, 1.54) is 20.3 Å². The number of allylic oxidation sites excluding steroid dienone is 1. The fourth-order valence-corrected chi connectivity index (χ4v) is 1.42. The van der Waals surface area contributed by atoms with Crippen molar-refractivity contribution in [1.82, 2.24) is 0 Å². The monoisotopic (exact) mass is 277 g/mol. The number of nitro groups is 1. The van der Waals surface area contributed by atoms with Crippen molar-refractivity contribution < 1.29 is 27.6 Å². The Balaban J connectivity index is 3.36. The fraction of sp³-hybridized carbons (Fsp3) is 0.273. The molecule has 0 heterocycles. The van der Waals surface area contributed by atoms with Crippen LogP contribution in [0.25, 0.3) is 5.57 Å². The highest BCUT2D eigenvalue weighted by atomic mass is 19.4. The molecule has 8 heteroatoms. The van der Waals surface area contributed by atoms with Gasteiger partial charge in [-0.25, -0.2) is 0 Å². The van der Waals surface area contributed by atoms with Crippen LogP contribution in [0.4, 0.5) is 13.2 Å². The van der Waals surface area contributed by atoms with Crippen molar-refractivity contribution in [3.8, 4) is 11.5 Å². The third-order valence-electron chi connectivity index (χ3n) is 2.23. The minimum absolute atomic E-state index is 0.0542. The van der Waals surface area contributed by atoms with Gasteiger partial charge in [-0.05, 0) is 17.7 Å². The predicted molar refractivity (Wildman–Crippen MR) is 60.6 cm³/mol. The Kier molecular flexibility index (Phi) is 4.36. The highest BCUT2D eigenvalue weighted by Crippen LogP contribution is 2.37. The van der Waals surface area contributed by atoms with Crippen LogP contribution < -0.4 is 9.47 Å². The van der Waals surface area contributed by atoms with Crippen LogP contribution in [-0.4, -0.2) is 25.3 Å². The van der Waals surface area contributed by atoms with Gasteiger partial charge in [0.2, 0.25) is 6.20 Å². The van der Waals surface area contributed by atoms with Crippen molar-refractivity contribution in [2.45, 2.75) is 6.18 Å². The molecular formula is C11H10F3NO4. The molecule has 5 nitrogen and oxygen atoms in total. The first-order valence-corrected chi connectivity index (χ1v) is 4.94. The first kappa shape index (κ1) is 14.8. The van der Waals surface area contributed by atoms with Crippen LogP contribution in [0.1, 0.15) is 5.56 Å². The van der Waals surface area contributed by atoms with Crippen LogP contribution >= 0.6 is 0 Å². The number of ether oxygens (including phenoxy) is 2. The molecule has 0 radical (unpaired) electrons. The van der Waals surface area contributed by atoms with Gasteiger partial charge in [0.15, 0.2) is 11.5 Å². The maximum Gasteiger partial charge on any atom is 0.422 e. The summed E-state index contributed by atoms with van der Waals surface area (Å²) in [7, 11) is 2.58. The largest absolute Gasteiger partial charge is 0.493 e. The molecule has 1 aromatic rings. The van der Waals surface area contributed by atoms with Crippen LogP contribution in [0, 0.1) is 10.1 Å². The highest BCUT2D eigenvalue weighted by molar-refractivity contribution is 5.70. The number of hydrogen-bond donors (Lipinski definition) is 0. The molecule has 0 unspecified atom stereocenters. The van der Waals surface area contributed by atoms with E-state index in [0.717, 1.165) is 12.1 Å². The topological polar surface area (TPSA) is 61.6 Å². The lowest BCUT2D eigenvalue weighted by atomic mass is 10.1. The van der Waals surface area contributed by atoms with Crippen molar-refractivity contribution in [2.75, 3.05) is 14.2 Å². The molecule has 0 aromatic heterocycles. The summed E-state index contributed by atoms with van der Waals surface area (Å²) in [6.07, 6.45) is -4.92. The number of hydrogen-bond acceptors (Lipinski definition) is 4. The van der Waals surface area contributed by atoms with E-state index in [2.05, 4.69) is 0 Å². The zero-order valence-electron chi connectivity index (χ0n) is 10.0. The minimum Gasteiger partial charge on any atom is -0.493 e. The molecule has 0 saturated heterocycles. The van der Waals surface area contributed by atoms with Crippen molar-refractivity contribution >= 4 is 5.57 Å². The van der Waals surface area contributed by atoms with Crippen molar-refractivity contribution in [1.29, 1.82) is 0 Å². The van der Waals surface area contributed by atoms with Crippen LogP contribution in [0.3, 0.4) is 0 Å². The molecule has 104 valence electrons. The molecule has 0 fully saturated rings. The molecule has 0 aliphatic carbocycles. The maximum atomic E-state index is 12.7. The molecule has 0 aliphatic heterocycles. The van der Waals surface area contributed by atoms with Gasteiger partial charge in [-0.3, -0.25) is 10.1 Å². The fourth-order valence-electron chi connectivity index (χ4n) is 1.42. The first-order valence-electron chi connectivity index (χ1n) is 4.94. The van der Waals surface area contributed by atoms with Gasteiger partial charge in [-0.1, -0.05) is 6.07 Å². The molecule has 1 aromatic carbocycles. The molecule has 0 saturated carbocycles. The lowest BCUT2D eigenvalue weighted by Crippen LogP contribution is -2.12. The number of halogens is 3. The van der Waals surface area contributed by atoms with E-state index in [1.807, 2.05) is 0 Å². The normalized spacial score (nSPS) is 12.2. The Bertz CT molecular complexity index is 511. The van der Waals surface area contributed by atoms with Gasteiger partial charge in [0.25, 0.3) is 0 Å². The second kappa shape index (κ2) is 5.59. The van der Waals surface area contributed by atoms with Crippen molar-refractivity contribution in [3.05, 3.63) is 40.1 Å². The summed E-state index contributed by atoms with van der Waals surface area (Å²) in [6.45, 7) is 0. The Labute approximate surface area is 106 Å². The third kappa shape index (κ3) is 3.60. The first-order chi connectivity index (χ1) is 8.79. The van der Waals surface area contributed by atoms with E-state index < -0.39 is 16.7 Å². The zero-order valence-corrected chi connectivity index (χ0v) is 10.0. The van der Waals surface area contributed by atoms with Gasteiger partial charge in [0.05, 0.1) is 19.1 Å². The third-order valence-corrected chi connectivity index (χ3v) is 2.23. The Morgan fingerprint density at radius 1 is 1.26 bits per heavy atom. The average Bonchev–Trinajstić information content (AvgIpc) is 2.33. The van der Waals surface area contributed by atoms with E-state index in [1.54, 1.807) is 0 Å². The lowest BCUT2D eigenvalue weighted by Gasteiger charge is -2.12. The number of alkyl halides is 3. The molecular weight excluding hydrogens is 267 g/mol. The number of rotatable bonds is 4. The minimum atomic E-state index is -4.84. The highest BCUT2D eigenvalue weighted by Gasteiger charge is 2.38. The van der Waals surface area contributed by atoms with Gasteiger partial charge in [0, 0.05) is 0 Å². The number of benzene rings is 1. The maximum absolute atomic E-state index is 12.7. The van der Waals surface area contributed by atoms with Gasteiger partial charge >= 0.3 is 6.18 Å². The smallest absolute Gasteiger partial charge is 0.422 e. The standard InChI is InChI=1S/C11H10F3NO4/c1-18-9-4-3-7(5-10(9)19-2)8(6-15(16)17)11(12,13)14/h3-6H,1-2H3/b8-6+. The summed E-state index contributed by atoms with van der Waals surface area (Å²) in [5.41, 5.74) is -1.74. The van der Waals surface area contributed by atoms with E-state index in [4.69, 9.17) is 9.47 Å². The molecule has 1 rings (SSSR count). The molecule has 0 aliphatic rings. The van der Waals surface area contributed by atoms with Crippen LogP contribution in [0.15, 0.2) is 24.4 Å². The summed E-state index contributed by atoms with van der Waals surface area (Å²) >= 11 is 0. The Morgan fingerprint density at radius 2 is 1.84 bits per heavy atom. The van der Waals surface area contributed by atoms with E-state index in [0.29, 0.717) is 0 Å². The van der Waals surface area contributed by atoms with Gasteiger partial charge in [-0.2, -0.15) is 13.2 Å². The van der Waals surface area contributed by atoms with E-state index >= 15 is 0 Å². The molecule has 0 atom stereocenters. The lowest BCUT2D eigenvalue weighted by molar-refractivity contribution is -0.402. The second-order valence-electron chi connectivity index (χ2n) is 3.40. The van der Waals surface area contributed by atoms with E-state index in [9.17, 15) is 23.3 Å². The van der Waals surface area contributed by atoms with Gasteiger partial charge in [0.1, 0.15) is 5.57 Å². The molecule has 0 bridgehead atoms. The molecule has 0 spiro atoms. The van der Waals surface area contributed by atoms with Gasteiger partial charge < -0.3 is 9.47 Å². The summed E-state index contributed by atoms with van der Waals surface area (Å²) < 4.78 is 48.0. The Hall–Kier alpha value is -2.25. The van der Waals surface area contributed by atoms with Gasteiger partial charge in [-0.15, -0.1) is 0 Å². The SMILES string of the molecule is COc1ccc(/C(=C\[N+](=O)[O-])C(F)(F)F)cc1OC.